The Labute approximate surface area is 105 Å². The van der Waals surface area contributed by atoms with Crippen LogP contribution >= 0.6 is 0 Å². The summed E-state index contributed by atoms with van der Waals surface area (Å²) in [6.07, 6.45) is 1.51. The first-order chi connectivity index (χ1) is 8.72. The van der Waals surface area contributed by atoms with Crippen LogP contribution in [0.1, 0.15) is 17.4 Å². The van der Waals surface area contributed by atoms with Crippen LogP contribution in [0.25, 0.3) is 11.3 Å². The Morgan fingerprint density at radius 1 is 1.33 bits per heavy atom. The van der Waals surface area contributed by atoms with E-state index in [1.165, 1.54) is 6.20 Å². The molecule has 2 rings (SSSR count). The van der Waals surface area contributed by atoms with Gasteiger partial charge in [-0.2, -0.15) is 0 Å². The van der Waals surface area contributed by atoms with Crippen LogP contribution in [-0.2, 0) is 4.74 Å². The molecule has 1 aromatic carbocycles. The first-order valence-corrected chi connectivity index (χ1v) is 5.57. The highest BCUT2D eigenvalue weighted by Gasteiger charge is 2.14. The lowest BCUT2D eigenvalue weighted by molar-refractivity contribution is 0.0520. The molecule has 0 aliphatic rings. The minimum Gasteiger partial charge on any atom is -0.461 e. The highest BCUT2D eigenvalue weighted by Crippen LogP contribution is 2.18. The van der Waals surface area contributed by atoms with Gasteiger partial charge in [0.25, 0.3) is 0 Å². The molecule has 18 heavy (non-hydrogen) atoms. The Bertz CT molecular complexity index is 555. The summed E-state index contributed by atoms with van der Waals surface area (Å²) in [6, 6.07) is 9.49. The van der Waals surface area contributed by atoms with Crippen LogP contribution in [0.15, 0.2) is 36.5 Å². The molecule has 0 aliphatic carbocycles. The molecular weight excluding hydrogens is 230 g/mol. The molecule has 92 valence electrons. The summed E-state index contributed by atoms with van der Waals surface area (Å²) in [5.41, 5.74) is 7.29. The second-order valence-corrected chi connectivity index (χ2v) is 3.58. The number of hydrogen-bond acceptors (Lipinski definition) is 5. The summed E-state index contributed by atoms with van der Waals surface area (Å²) in [5.74, 6) is -0.475. The van der Waals surface area contributed by atoms with Crippen molar-refractivity contribution in [2.24, 2.45) is 0 Å². The number of ether oxygens (including phenoxy) is 1. The fourth-order valence-electron chi connectivity index (χ4n) is 1.51. The maximum absolute atomic E-state index is 11.5. The van der Waals surface area contributed by atoms with E-state index >= 15 is 0 Å². The second-order valence-electron chi connectivity index (χ2n) is 3.58. The summed E-state index contributed by atoms with van der Waals surface area (Å²) in [7, 11) is 0. The van der Waals surface area contributed by atoms with E-state index in [0.29, 0.717) is 5.69 Å². The monoisotopic (exact) mass is 243 g/mol. The first-order valence-electron chi connectivity index (χ1n) is 5.57. The summed E-state index contributed by atoms with van der Waals surface area (Å²) >= 11 is 0. The molecule has 0 atom stereocenters. The van der Waals surface area contributed by atoms with Gasteiger partial charge in [-0.1, -0.05) is 30.3 Å². The van der Waals surface area contributed by atoms with Crippen LogP contribution in [0, 0.1) is 0 Å². The number of anilines is 1. The molecule has 0 aliphatic heterocycles. The van der Waals surface area contributed by atoms with E-state index in [1.54, 1.807) is 6.92 Å². The maximum atomic E-state index is 11.5. The van der Waals surface area contributed by atoms with Gasteiger partial charge in [0.1, 0.15) is 0 Å². The number of esters is 1. The lowest BCUT2D eigenvalue weighted by Gasteiger charge is -2.05. The van der Waals surface area contributed by atoms with Crippen molar-refractivity contribution in [3.63, 3.8) is 0 Å². The van der Waals surface area contributed by atoms with Crippen LogP contribution in [0.4, 0.5) is 5.82 Å². The third-order valence-corrected chi connectivity index (χ3v) is 2.34. The largest absolute Gasteiger partial charge is 0.461 e. The Balaban J connectivity index is 2.34. The van der Waals surface area contributed by atoms with Crippen molar-refractivity contribution in [1.82, 2.24) is 9.97 Å². The van der Waals surface area contributed by atoms with E-state index < -0.39 is 5.97 Å². The third kappa shape index (κ3) is 2.45. The molecule has 0 unspecified atom stereocenters. The van der Waals surface area contributed by atoms with Gasteiger partial charge < -0.3 is 10.5 Å². The van der Waals surface area contributed by atoms with E-state index in [-0.39, 0.29) is 18.1 Å². The average Bonchev–Trinajstić information content (AvgIpc) is 2.40. The highest BCUT2D eigenvalue weighted by atomic mass is 16.5. The number of benzene rings is 1. The van der Waals surface area contributed by atoms with Crippen LogP contribution in [0.2, 0.25) is 0 Å². The number of nitrogen functional groups attached to an aromatic ring is 1. The molecule has 0 saturated carbocycles. The predicted octanol–water partition coefficient (Wildman–Crippen LogP) is 1.90. The Hall–Kier alpha value is -2.43. The van der Waals surface area contributed by atoms with Crippen LogP contribution < -0.4 is 5.73 Å². The van der Waals surface area contributed by atoms with Gasteiger partial charge in [0.2, 0.25) is 0 Å². The van der Waals surface area contributed by atoms with E-state index in [0.717, 1.165) is 5.56 Å². The van der Waals surface area contributed by atoms with Crippen LogP contribution in [-0.4, -0.2) is 22.5 Å². The Morgan fingerprint density at radius 2 is 2.06 bits per heavy atom. The number of rotatable bonds is 3. The van der Waals surface area contributed by atoms with Gasteiger partial charge in [-0.25, -0.2) is 14.8 Å². The number of nitrogens with two attached hydrogens (primary N) is 1. The van der Waals surface area contributed by atoms with Gasteiger partial charge in [-0.05, 0) is 6.92 Å². The second kappa shape index (κ2) is 5.27. The zero-order valence-electron chi connectivity index (χ0n) is 9.96. The standard InChI is InChI=1S/C13H13N3O2/c1-2-18-13(17)11-12(14)16-10(8-15-11)9-6-4-3-5-7-9/h3-8H,2H2,1H3,(H2,14,16). The molecular formula is C13H13N3O2. The normalized spacial score (nSPS) is 10.1. The highest BCUT2D eigenvalue weighted by molar-refractivity contribution is 5.92. The molecule has 0 amide bonds. The van der Waals surface area contributed by atoms with Gasteiger partial charge in [-0.15, -0.1) is 0 Å². The molecule has 2 aromatic rings. The molecule has 0 spiro atoms. The number of nitrogens with zero attached hydrogens (tertiary/aromatic N) is 2. The molecule has 0 fully saturated rings. The quantitative estimate of drug-likeness (QED) is 0.833. The van der Waals surface area contributed by atoms with Crippen molar-refractivity contribution >= 4 is 11.8 Å². The van der Waals surface area contributed by atoms with Crippen molar-refractivity contribution in [3.8, 4) is 11.3 Å². The number of carbonyl (C=O) groups excluding carboxylic acids is 1. The fourth-order valence-corrected chi connectivity index (χ4v) is 1.51. The fraction of sp³-hybridized carbons (Fsp3) is 0.154. The van der Waals surface area contributed by atoms with Crippen molar-refractivity contribution < 1.29 is 9.53 Å². The topological polar surface area (TPSA) is 78.1 Å². The lowest BCUT2D eigenvalue weighted by Crippen LogP contribution is -2.12. The summed E-state index contributed by atoms with van der Waals surface area (Å²) in [5, 5.41) is 0. The van der Waals surface area contributed by atoms with Crippen LogP contribution in [0.3, 0.4) is 0 Å². The molecule has 0 saturated heterocycles. The van der Waals surface area contributed by atoms with Crippen molar-refractivity contribution in [3.05, 3.63) is 42.2 Å². The van der Waals surface area contributed by atoms with Gasteiger partial charge in [0.15, 0.2) is 11.5 Å². The predicted molar refractivity (Wildman–Crippen MR) is 67.8 cm³/mol. The third-order valence-electron chi connectivity index (χ3n) is 2.34. The SMILES string of the molecule is CCOC(=O)c1ncc(-c2ccccc2)nc1N. The van der Waals surface area contributed by atoms with E-state index in [4.69, 9.17) is 10.5 Å². The van der Waals surface area contributed by atoms with Gasteiger partial charge in [-0.3, -0.25) is 0 Å². The molecule has 5 nitrogen and oxygen atoms in total. The first kappa shape index (κ1) is 12.0. The zero-order chi connectivity index (χ0) is 13.0. The van der Waals surface area contributed by atoms with Crippen molar-refractivity contribution in [2.45, 2.75) is 6.92 Å². The number of hydrogen-bond donors (Lipinski definition) is 1. The van der Waals surface area contributed by atoms with Crippen LogP contribution in [0.5, 0.6) is 0 Å². The van der Waals surface area contributed by atoms with Gasteiger partial charge >= 0.3 is 5.97 Å². The molecule has 1 heterocycles. The number of aromatic nitrogens is 2. The Kier molecular flexibility index (Phi) is 3.52. The average molecular weight is 243 g/mol. The number of carbonyl (C=O) groups is 1. The molecule has 5 heteroatoms. The summed E-state index contributed by atoms with van der Waals surface area (Å²) in [4.78, 5) is 19.7. The maximum Gasteiger partial charge on any atom is 0.360 e. The van der Waals surface area contributed by atoms with Crippen molar-refractivity contribution in [1.29, 1.82) is 0 Å². The van der Waals surface area contributed by atoms with E-state index in [1.807, 2.05) is 30.3 Å². The zero-order valence-corrected chi connectivity index (χ0v) is 9.96. The smallest absolute Gasteiger partial charge is 0.360 e. The molecule has 2 N–H and O–H groups in total. The van der Waals surface area contributed by atoms with Crippen molar-refractivity contribution in [2.75, 3.05) is 12.3 Å². The molecule has 0 bridgehead atoms. The molecule has 0 radical (unpaired) electrons. The Morgan fingerprint density at radius 3 is 2.67 bits per heavy atom. The van der Waals surface area contributed by atoms with Gasteiger partial charge in [0.05, 0.1) is 18.5 Å². The molecule has 1 aromatic heterocycles. The van der Waals surface area contributed by atoms with E-state index in [2.05, 4.69) is 9.97 Å². The minimum atomic E-state index is -0.554. The summed E-state index contributed by atoms with van der Waals surface area (Å²) < 4.78 is 4.83. The summed E-state index contributed by atoms with van der Waals surface area (Å²) in [6.45, 7) is 2.00. The van der Waals surface area contributed by atoms with Gasteiger partial charge in [0, 0.05) is 5.56 Å². The van der Waals surface area contributed by atoms with E-state index in [9.17, 15) is 4.79 Å². The lowest BCUT2D eigenvalue weighted by atomic mass is 10.1. The minimum absolute atomic E-state index is 0.0523.